The Balaban J connectivity index is 2.94. The second kappa shape index (κ2) is 6.74. The Morgan fingerprint density at radius 1 is 1.22 bits per heavy atom. The molecule has 0 radical (unpaired) electrons. The molecule has 0 fully saturated rings. The topological polar surface area (TPSA) is 43.4 Å². The maximum absolute atomic E-state index is 11.1. The van der Waals surface area contributed by atoms with Gasteiger partial charge < -0.3 is 9.53 Å². The summed E-state index contributed by atoms with van der Waals surface area (Å²) in [7, 11) is 0. The third-order valence-electron chi connectivity index (χ3n) is 2.36. The van der Waals surface area contributed by atoms with Gasteiger partial charge in [-0.25, -0.2) is 0 Å². The Bertz CT molecular complexity index is 446. The smallest absolute Gasteiger partial charge is 0.308 e. The summed E-state index contributed by atoms with van der Waals surface area (Å²) in [6.07, 6.45) is 2.26. The summed E-state index contributed by atoms with van der Waals surface area (Å²) in [6.45, 7) is 4.85. The molecular formula is C15H18O3. The molecule has 0 N–H and O–H groups in total. The van der Waals surface area contributed by atoms with E-state index in [1.54, 1.807) is 6.92 Å². The molecule has 1 rings (SSSR count). The van der Waals surface area contributed by atoms with Gasteiger partial charge in [-0.15, -0.1) is 0 Å². The number of ketones is 1. The molecule has 3 heteroatoms. The zero-order valence-corrected chi connectivity index (χ0v) is 11.0. The number of hydrogen-bond acceptors (Lipinski definition) is 3. The van der Waals surface area contributed by atoms with Crippen LogP contribution in [0.3, 0.4) is 0 Å². The summed E-state index contributed by atoms with van der Waals surface area (Å²) >= 11 is 0. The Hall–Kier alpha value is -1.90. The lowest BCUT2D eigenvalue weighted by Gasteiger charge is -2.10. The predicted molar refractivity (Wildman–Crippen MR) is 70.6 cm³/mol. The second-order valence-electron chi connectivity index (χ2n) is 4.37. The van der Waals surface area contributed by atoms with Gasteiger partial charge in [-0.2, -0.15) is 0 Å². The van der Waals surface area contributed by atoms with Gasteiger partial charge >= 0.3 is 5.97 Å². The lowest BCUT2D eigenvalue weighted by atomic mass is 10.0. The van der Waals surface area contributed by atoms with Gasteiger partial charge in [0, 0.05) is 18.9 Å². The van der Waals surface area contributed by atoms with Crippen molar-refractivity contribution in [2.75, 3.05) is 0 Å². The van der Waals surface area contributed by atoms with E-state index < -0.39 is 0 Å². The van der Waals surface area contributed by atoms with Crippen molar-refractivity contribution < 1.29 is 14.3 Å². The standard InChI is InChI=1S/C15H18O3/c1-11(9-12(2)16)10-15(18-13(3)17)14-7-5-4-6-8-14/h4-8,10-11H,9H2,1-3H3/b15-10-. The summed E-state index contributed by atoms with van der Waals surface area (Å²) in [4.78, 5) is 22.2. The SMILES string of the molecule is CC(=O)CC(C)/C=C(\OC(C)=O)c1ccccc1. The van der Waals surface area contributed by atoms with E-state index in [2.05, 4.69) is 0 Å². The number of Topliss-reactive ketones (excluding diaryl/α,β-unsaturated/α-hetero) is 1. The average Bonchev–Trinajstić information content (AvgIpc) is 2.27. The molecule has 0 aliphatic rings. The molecule has 1 atom stereocenters. The van der Waals surface area contributed by atoms with Crippen LogP contribution in [-0.4, -0.2) is 11.8 Å². The lowest BCUT2D eigenvalue weighted by Crippen LogP contribution is -2.03. The number of carbonyl (C=O) groups excluding carboxylic acids is 2. The molecule has 0 bridgehead atoms. The minimum Gasteiger partial charge on any atom is -0.426 e. The minimum absolute atomic E-state index is 0.0389. The van der Waals surface area contributed by atoms with Crippen LogP contribution < -0.4 is 0 Å². The van der Waals surface area contributed by atoms with E-state index in [1.807, 2.05) is 43.3 Å². The van der Waals surface area contributed by atoms with Gasteiger partial charge in [0.15, 0.2) is 0 Å². The quantitative estimate of drug-likeness (QED) is 0.592. The largest absolute Gasteiger partial charge is 0.426 e. The van der Waals surface area contributed by atoms with E-state index >= 15 is 0 Å². The van der Waals surface area contributed by atoms with Gasteiger partial charge in [0.2, 0.25) is 0 Å². The minimum atomic E-state index is -0.361. The normalized spacial score (nSPS) is 12.9. The Morgan fingerprint density at radius 2 is 1.83 bits per heavy atom. The molecule has 1 unspecified atom stereocenters. The molecule has 0 aliphatic heterocycles. The fraction of sp³-hybridized carbons (Fsp3) is 0.333. The van der Waals surface area contributed by atoms with Gasteiger partial charge in [-0.1, -0.05) is 37.3 Å². The highest BCUT2D eigenvalue weighted by Crippen LogP contribution is 2.19. The van der Waals surface area contributed by atoms with E-state index in [-0.39, 0.29) is 17.7 Å². The zero-order chi connectivity index (χ0) is 13.5. The number of benzene rings is 1. The van der Waals surface area contributed by atoms with Crippen LogP contribution in [0.1, 0.15) is 32.8 Å². The maximum atomic E-state index is 11.1. The summed E-state index contributed by atoms with van der Waals surface area (Å²) in [5, 5.41) is 0. The summed E-state index contributed by atoms with van der Waals surface area (Å²) in [5.74, 6) is 0.308. The third-order valence-corrected chi connectivity index (χ3v) is 2.36. The van der Waals surface area contributed by atoms with Crippen LogP contribution in [0.4, 0.5) is 0 Å². The van der Waals surface area contributed by atoms with Crippen LogP contribution in [0.2, 0.25) is 0 Å². The van der Waals surface area contributed by atoms with Gasteiger partial charge in [-0.05, 0) is 18.9 Å². The molecule has 1 aromatic carbocycles. The van der Waals surface area contributed by atoms with Crippen LogP contribution in [-0.2, 0) is 14.3 Å². The Morgan fingerprint density at radius 3 is 2.33 bits per heavy atom. The van der Waals surface area contributed by atoms with Crippen molar-refractivity contribution in [1.29, 1.82) is 0 Å². The fourth-order valence-electron chi connectivity index (χ4n) is 1.72. The molecule has 0 aliphatic carbocycles. The zero-order valence-electron chi connectivity index (χ0n) is 11.0. The van der Waals surface area contributed by atoms with Crippen LogP contribution in [0.15, 0.2) is 36.4 Å². The van der Waals surface area contributed by atoms with E-state index in [0.29, 0.717) is 12.2 Å². The molecule has 18 heavy (non-hydrogen) atoms. The first-order valence-corrected chi connectivity index (χ1v) is 5.94. The number of ether oxygens (including phenoxy) is 1. The molecule has 0 saturated heterocycles. The lowest BCUT2D eigenvalue weighted by molar-refractivity contribution is -0.134. The number of allylic oxidation sites excluding steroid dienone is 1. The highest BCUT2D eigenvalue weighted by Gasteiger charge is 2.09. The molecule has 3 nitrogen and oxygen atoms in total. The molecule has 96 valence electrons. The molecular weight excluding hydrogens is 228 g/mol. The number of rotatable bonds is 5. The number of carbonyl (C=O) groups is 2. The fourth-order valence-corrected chi connectivity index (χ4v) is 1.72. The van der Waals surface area contributed by atoms with E-state index in [0.717, 1.165) is 5.56 Å². The van der Waals surface area contributed by atoms with Gasteiger partial charge in [0.25, 0.3) is 0 Å². The van der Waals surface area contributed by atoms with Crippen molar-refractivity contribution in [2.45, 2.75) is 27.2 Å². The first-order chi connectivity index (χ1) is 8.49. The first kappa shape index (κ1) is 14.2. The van der Waals surface area contributed by atoms with Crippen molar-refractivity contribution in [3.8, 4) is 0 Å². The molecule has 1 aromatic rings. The molecule has 0 saturated carbocycles. The van der Waals surface area contributed by atoms with Gasteiger partial charge in [0.05, 0.1) is 0 Å². The Labute approximate surface area is 107 Å². The monoisotopic (exact) mass is 246 g/mol. The van der Waals surface area contributed by atoms with Crippen molar-refractivity contribution in [3.05, 3.63) is 42.0 Å². The third kappa shape index (κ3) is 4.95. The molecule has 0 heterocycles. The summed E-state index contributed by atoms with van der Waals surface area (Å²) in [6, 6.07) is 9.39. The summed E-state index contributed by atoms with van der Waals surface area (Å²) in [5.41, 5.74) is 0.836. The predicted octanol–water partition coefficient (Wildman–Crippen LogP) is 3.21. The maximum Gasteiger partial charge on any atom is 0.308 e. The van der Waals surface area contributed by atoms with Crippen LogP contribution in [0.25, 0.3) is 5.76 Å². The van der Waals surface area contributed by atoms with Crippen molar-refractivity contribution in [2.24, 2.45) is 5.92 Å². The van der Waals surface area contributed by atoms with Crippen molar-refractivity contribution >= 4 is 17.5 Å². The van der Waals surface area contributed by atoms with Crippen molar-refractivity contribution in [1.82, 2.24) is 0 Å². The van der Waals surface area contributed by atoms with Crippen LogP contribution in [0, 0.1) is 5.92 Å². The van der Waals surface area contributed by atoms with Crippen LogP contribution >= 0.6 is 0 Å². The molecule has 0 aromatic heterocycles. The molecule has 0 amide bonds. The van der Waals surface area contributed by atoms with E-state index in [9.17, 15) is 9.59 Å². The van der Waals surface area contributed by atoms with E-state index in [4.69, 9.17) is 4.74 Å². The van der Waals surface area contributed by atoms with Crippen molar-refractivity contribution in [3.63, 3.8) is 0 Å². The van der Waals surface area contributed by atoms with Crippen LogP contribution in [0.5, 0.6) is 0 Å². The molecule has 0 spiro atoms. The number of hydrogen-bond donors (Lipinski definition) is 0. The number of esters is 1. The van der Waals surface area contributed by atoms with E-state index in [1.165, 1.54) is 6.92 Å². The highest BCUT2D eigenvalue weighted by molar-refractivity contribution is 5.78. The Kier molecular flexibility index (Phi) is 5.31. The first-order valence-electron chi connectivity index (χ1n) is 5.94. The highest BCUT2D eigenvalue weighted by atomic mass is 16.5. The average molecular weight is 246 g/mol. The summed E-state index contributed by atoms with van der Waals surface area (Å²) < 4.78 is 5.20. The van der Waals surface area contributed by atoms with Gasteiger partial charge in [0.1, 0.15) is 11.5 Å². The second-order valence-corrected chi connectivity index (χ2v) is 4.37. The van der Waals surface area contributed by atoms with Gasteiger partial charge in [-0.3, -0.25) is 4.79 Å².